The van der Waals surface area contributed by atoms with Crippen LogP contribution >= 0.6 is 11.8 Å². The Kier molecular flexibility index (Phi) is 7.12. The first-order chi connectivity index (χ1) is 12.0. The molecule has 25 heavy (non-hydrogen) atoms. The molecule has 1 aromatic heterocycles. The minimum Gasteiger partial charge on any atom is -0.422 e. The Balaban J connectivity index is 2.44. The van der Waals surface area contributed by atoms with Gasteiger partial charge in [-0.15, -0.1) is 0 Å². The Morgan fingerprint density at radius 1 is 1.20 bits per heavy atom. The van der Waals surface area contributed by atoms with Crippen molar-refractivity contribution in [3.63, 3.8) is 0 Å². The Morgan fingerprint density at radius 3 is 2.52 bits per heavy atom. The van der Waals surface area contributed by atoms with Crippen LogP contribution in [0.5, 0.6) is 0 Å². The summed E-state index contributed by atoms with van der Waals surface area (Å²) in [6, 6.07) is 7.86. The second-order valence-corrected chi connectivity index (χ2v) is 7.46. The largest absolute Gasteiger partial charge is 0.422 e. The number of carbonyl (C=O) groups is 1. The van der Waals surface area contributed by atoms with Gasteiger partial charge in [0.2, 0.25) is 0 Å². The first-order valence-corrected chi connectivity index (χ1v) is 9.98. The molecule has 0 aliphatic rings. The van der Waals surface area contributed by atoms with Crippen LogP contribution in [0, 0.1) is 0 Å². The molecule has 2 aromatic rings. The van der Waals surface area contributed by atoms with Gasteiger partial charge in [-0.1, -0.05) is 6.92 Å². The first-order valence-electron chi connectivity index (χ1n) is 8.93. The average molecular weight is 362 g/mol. The molecule has 0 saturated carbocycles. The van der Waals surface area contributed by atoms with Crippen molar-refractivity contribution in [3.8, 4) is 0 Å². The normalized spacial score (nSPS) is 12.3. The summed E-state index contributed by atoms with van der Waals surface area (Å²) in [7, 11) is 0. The summed E-state index contributed by atoms with van der Waals surface area (Å²) in [4.78, 5) is 26.3. The number of benzene rings is 1. The molecule has 0 bridgehead atoms. The van der Waals surface area contributed by atoms with Crippen LogP contribution in [0.3, 0.4) is 0 Å². The topological polar surface area (TPSA) is 50.5 Å². The van der Waals surface area contributed by atoms with Crippen LogP contribution in [0.25, 0.3) is 11.0 Å². The van der Waals surface area contributed by atoms with Gasteiger partial charge in [0.25, 0.3) is 0 Å². The monoisotopic (exact) mass is 361 g/mol. The molecule has 0 N–H and O–H groups in total. The highest BCUT2D eigenvalue weighted by Crippen LogP contribution is 2.33. The molecule has 5 heteroatoms. The van der Waals surface area contributed by atoms with Crippen LogP contribution in [0.2, 0.25) is 0 Å². The number of thioether (sulfide) groups is 1. The molecule has 0 fully saturated rings. The highest BCUT2D eigenvalue weighted by atomic mass is 32.2. The quantitative estimate of drug-likeness (QED) is 0.600. The smallest absolute Gasteiger partial charge is 0.340 e. The lowest BCUT2D eigenvalue weighted by atomic mass is 10.1. The van der Waals surface area contributed by atoms with Gasteiger partial charge in [-0.3, -0.25) is 4.79 Å². The summed E-state index contributed by atoms with van der Waals surface area (Å²) in [5.74, 6) is 1.00. The zero-order valence-corrected chi connectivity index (χ0v) is 16.3. The zero-order chi connectivity index (χ0) is 18.4. The van der Waals surface area contributed by atoms with Crippen LogP contribution in [-0.2, 0) is 4.79 Å². The fourth-order valence-corrected chi connectivity index (χ4v) is 4.12. The van der Waals surface area contributed by atoms with E-state index in [1.165, 1.54) is 0 Å². The van der Waals surface area contributed by atoms with E-state index < -0.39 is 0 Å². The molecule has 0 amide bonds. The standard InChI is InChI=1S/C20H27NO3S/c1-5-10-25-19(11-14(4)22)17-12-15-8-9-16(21(6-2)7-3)13-18(15)24-20(17)23/h8-9,12-13,19H,5-7,10-11H2,1-4H3. The van der Waals surface area contributed by atoms with E-state index in [1.54, 1.807) is 18.7 Å². The molecule has 136 valence electrons. The molecular formula is C20H27NO3S. The molecule has 1 atom stereocenters. The third-order valence-corrected chi connectivity index (χ3v) is 5.68. The third kappa shape index (κ3) is 4.88. The van der Waals surface area contributed by atoms with E-state index in [9.17, 15) is 9.59 Å². The van der Waals surface area contributed by atoms with Crippen LogP contribution in [0.4, 0.5) is 5.69 Å². The van der Waals surface area contributed by atoms with Crippen molar-refractivity contribution in [2.24, 2.45) is 0 Å². The molecule has 0 saturated heterocycles. The molecule has 4 nitrogen and oxygen atoms in total. The van der Waals surface area contributed by atoms with Crippen molar-refractivity contribution in [3.05, 3.63) is 40.2 Å². The van der Waals surface area contributed by atoms with Crippen molar-refractivity contribution in [2.45, 2.75) is 45.8 Å². The van der Waals surface area contributed by atoms with Gasteiger partial charge in [0.05, 0.1) is 5.56 Å². The number of nitrogens with zero attached hydrogens (tertiary/aromatic N) is 1. The molecule has 1 aromatic carbocycles. The van der Waals surface area contributed by atoms with Gasteiger partial charge < -0.3 is 9.32 Å². The number of Topliss-reactive ketones (excluding diaryl/α,β-unsaturated/α-hetero) is 1. The van der Waals surface area contributed by atoms with Crippen molar-refractivity contribution < 1.29 is 9.21 Å². The maximum Gasteiger partial charge on any atom is 0.340 e. The fraction of sp³-hybridized carbons (Fsp3) is 0.500. The van der Waals surface area contributed by atoms with Crippen molar-refractivity contribution in [1.82, 2.24) is 0 Å². The number of carbonyl (C=O) groups excluding carboxylic acids is 1. The van der Waals surface area contributed by atoms with Crippen LogP contribution in [0.1, 0.15) is 51.3 Å². The summed E-state index contributed by atoms with van der Waals surface area (Å²) in [6.45, 7) is 9.67. The van der Waals surface area contributed by atoms with Crippen LogP contribution in [0.15, 0.2) is 33.5 Å². The fourth-order valence-electron chi connectivity index (χ4n) is 2.91. The van der Waals surface area contributed by atoms with Crippen LogP contribution < -0.4 is 10.5 Å². The van der Waals surface area contributed by atoms with Crippen molar-refractivity contribution in [1.29, 1.82) is 0 Å². The summed E-state index contributed by atoms with van der Waals surface area (Å²) in [5, 5.41) is 0.761. The number of hydrogen-bond donors (Lipinski definition) is 0. The highest BCUT2D eigenvalue weighted by molar-refractivity contribution is 7.99. The lowest BCUT2D eigenvalue weighted by Crippen LogP contribution is -2.21. The third-order valence-electron chi connectivity index (χ3n) is 4.22. The van der Waals surface area contributed by atoms with E-state index >= 15 is 0 Å². The van der Waals surface area contributed by atoms with Gasteiger partial charge >= 0.3 is 5.63 Å². The molecule has 2 rings (SSSR count). The molecule has 0 spiro atoms. The van der Waals surface area contributed by atoms with E-state index in [2.05, 4.69) is 31.7 Å². The molecule has 0 aliphatic carbocycles. The number of fused-ring (bicyclic) bond motifs is 1. The lowest BCUT2D eigenvalue weighted by molar-refractivity contribution is -0.117. The van der Waals surface area contributed by atoms with E-state index in [0.717, 1.165) is 36.3 Å². The van der Waals surface area contributed by atoms with Crippen molar-refractivity contribution >= 4 is 34.2 Å². The van der Waals surface area contributed by atoms with E-state index in [1.807, 2.05) is 18.2 Å². The van der Waals surface area contributed by atoms with Gasteiger partial charge in [-0.05, 0) is 51.1 Å². The van der Waals surface area contributed by atoms with Gasteiger partial charge in [-0.25, -0.2) is 4.79 Å². The second-order valence-electron chi connectivity index (χ2n) is 6.15. The van der Waals surface area contributed by atoms with Gasteiger partial charge in [0, 0.05) is 41.9 Å². The minimum absolute atomic E-state index is 0.0879. The Labute approximate surface area is 153 Å². The summed E-state index contributed by atoms with van der Waals surface area (Å²) < 4.78 is 5.61. The average Bonchev–Trinajstić information content (AvgIpc) is 2.58. The number of ketones is 1. The van der Waals surface area contributed by atoms with Crippen molar-refractivity contribution in [2.75, 3.05) is 23.7 Å². The van der Waals surface area contributed by atoms with Crippen LogP contribution in [-0.4, -0.2) is 24.6 Å². The van der Waals surface area contributed by atoms with Gasteiger partial charge in [0.15, 0.2) is 0 Å². The van der Waals surface area contributed by atoms with E-state index in [4.69, 9.17) is 4.42 Å². The maximum atomic E-state index is 12.5. The van der Waals surface area contributed by atoms with E-state index in [-0.39, 0.29) is 16.7 Å². The molecule has 1 heterocycles. The zero-order valence-electron chi connectivity index (χ0n) is 15.5. The predicted molar refractivity (Wildman–Crippen MR) is 107 cm³/mol. The summed E-state index contributed by atoms with van der Waals surface area (Å²) in [6.07, 6.45) is 1.36. The number of anilines is 1. The highest BCUT2D eigenvalue weighted by Gasteiger charge is 2.19. The molecular weight excluding hydrogens is 334 g/mol. The Hall–Kier alpha value is -1.75. The first kappa shape index (κ1) is 19.6. The Morgan fingerprint density at radius 2 is 1.92 bits per heavy atom. The lowest BCUT2D eigenvalue weighted by Gasteiger charge is -2.21. The predicted octanol–water partition coefficient (Wildman–Crippen LogP) is 4.80. The number of rotatable bonds is 9. The number of hydrogen-bond acceptors (Lipinski definition) is 5. The van der Waals surface area contributed by atoms with Gasteiger partial charge in [0.1, 0.15) is 11.4 Å². The Bertz CT molecular complexity index is 780. The summed E-state index contributed by atoms with van der Waals surface area (Å²) >= 11 is 1.65. The van der Waals surface area contributed by atoms with Gasteiger partial charge in [-0.2, -0.15) is 11.8 Å². The molecule has 0 aliphatic heterocycles. The van der Waals surface area contributed by atoms with E-state index in [0.29, 0.717) is 17.6 Å². The molecule has 1 unspecified atom stereocenters. The maximum absolute atomic E-state index is 12.5. The summed E-state index contributed by atoms with van der Waals surface area (Å²) in [5.41, 5.74) is 1.91. The SMILES string of the molecule is CCCSC(CC(C)=O)c1cc2ccc(N(CC)CC)cc2oc1=O. The molecule has 0 radical (unpaired) electrons. The minimum atomic E-state index is -0.334. The second kappa shape index (κ2) is 9.09.